The maximum Gasteiger partial charge on any atom is 0.276 e. The van der Waals surface area contributed by atoms with Crippen LogP contribution in [0.25, 0.3) is 11.0 Å². The molecule has 0 aliphatic heterocycles. The fraction of sp³-hybridized carbons (Fsp3) is 0.154. The number of hydrogen-bond donors (Lipinski definition) is 2. The van der Waals surface area contributed by atoms with E-state index in [0.717, 1.165) is 16.7 Å². The van der Waals surface area contributed by atoms with Crippen LogP contribution in [0.15, 0.2) is 81.1 Å². The number of amides is 1. The van der Waals surface area contributed by atoms with E-state index in [1.54, 1.807) is 36.4 Å². The lowest BCUT2D eigenvalue weighted by Crippen LogP contribution is -2.27. The monoisotopic (exact) mass is 491 g/mol. The predicted octanol–water partition coefficient (Wildman–Crippen LogP) is 4.41. The first kappa shape index (κ1) is 24.0. The van der Waals surface area contributed by atoms with Gasteiger partial charge in [0.25, 0.3) is 15.9 Å². The average Bonchev–Trinajstić information content (AvgIpc) is 2.81. The van der Waals surface area contributed by atoms with Crippen molar-refractivity contribution in [1.82, 2.24) is 4.83 Å². The minimum absolute atomic E-state index is 0.0338. The van der Waals surface area contributed by atoms with Gasteiger partial charge in [0.05, 0.1) is 12.0 Å². The van der Waals surface area contributed by atoms with E-state index in [1.165, 1.54) is 19.2 Å². The molecule has 0 saturated heterocycles. The number of methoxy groups -OCH3 is 1. The Morgan fingerprint density at radius 1 is 0.914 bits per heavy atom. The zero-order chi connectivity index (χ0) is 25.2. The Morgan fingerprint density at radius 3 is 2.26 bits per heavy atom. The van der Waals surface area contributed by atoms with Gasteiger partial charge in [-0.1, -0.05) is 35.9 Å². The van der Waals surface area contributed by atoms with E-state index in [1.807, 2.05) is 39.0 Å². The molecule has 0 radical (unpaired) electrons. The largest absolute Gasteiger partial charge is 0.493 e. The van der Waals surface area contributed by atoms with Gasteiger partial charge in [-0.05, 0) is 68.3 Å². The van der Waals surface area contributed by atoms with Crippen LogP contribution in [0, 0.1) is 20.8 Å². The molecule has 0 fully saturated rings. The van der Waals surface area contributed by atoms with Crippen molar-refractivity contribution in [3.05, 3.63) is 94.5 Å². The van der Waals surface area contributed by atoms with Gasteiger partial charge < -0.3 is 14.5 Å². The highest BCUT2D eigenvalue weighted by atomic mass is 32.2. The van der Waals surface area contributed by atoms with E-state index in [0.29, 0.717) is 22.4 Å². The molecule has 4 aromatic rings. The van der Waals surface area contributed by atoms with Crippen LogP contribution < -0.4 is 20.4 Å². The predicted molar refractivity (Wildman–Crippen MR) is 134 cm³/mol. The molecule has 3 aromatic carbocycles. The highest BCUT2D eigenvalue weighted by molar-refractivity contribution is 7.89. The topological polar surface area (TPSA) is 110 Å². The first-order valence-electron chi connectivity index (χ1n) is 10.8. The van der Waals surface area contributed by atoms with E-state index in [4.69, 9.17) is 9.15 Å². The Balaban J connectivity index is 1.81. The second-order valence-electron chi connectivity index (χ2n) is 8.19. The molecule has 0 aliphatic rings. The molecule has 1 aromatic heterocycles. The SMILES string of the molecule is COc1cccc2cc(C(=O)Nc3cc(C)cc(C)c3)c(=NNS(=O)(=O)c3ccc(C)cc3)oc12. The number of anilines is 1. The number of nitrogens with zero attached hydrogens (tertiary/aromatic N) is 1. The number of rotatable bonds is 6. The van der Waals surface area contributed by atoms with E-state index in [2.05, 4.69) is 15.2 Å². The number of sulfonamides is 1. The minimum atomic E-state index is -4.00. The number of aryl methyl sites for hydroxylation is 3. The van der Waals surface area contributed by atoms with Crippen LogP contribution in [0.4, 0.5) is 5.69 Å². The second-order valence-corrected chi connectivity index (χ2v) is 9.85. The van der Waals surface area contributed by atoms with Gasteiger partial charge in [-0.25, -0.2) is 0 Å². The van der Waals surface area contributed by atoms with Gasteiger partial charge >= 0.3 is 0 Å². The van der Waals surface area contributed by atoms with Crippen molar-refractivity contribution in [2.75, 3.05) is 12.4 Å². The van der Waals surface area contributed by atoms with Crippen molar-refractivity contribution in [3.8, 4) is 5.75 Å². The van der Waals surface area contributed by atoms with Gasteiger partial charge in [0.2, 0.25) is 5.55 Å². The van der Waals surface area contributed by atoms with Crippen LogP contribution in [0.3, 0.4) is 0 Å². The smallest absolute Gasteiger partial charge is 0.276 e. The molecule has 0 bridgehead atoms. The molecule has 0 saturated carbocycles. The van der Waals surface area contributed by atoms with Crippen LogP contribution >= 0.6 is 0 Å². The number of carbonyl (C=O) groups is 1. The molecule has 1 amide bonds. The zero-order valence-corrected chi connectivity index (χ0v) is 20.6. The number of para-hydroxylation sites is 1. The third-order valence-electron chi connectivity index (χ3n) is 5.28. The Labute approximate surface area is 203 Å². The third-order valence-corrected chi connectivity index (χ3v) is 6.51. The molecule has 35 heavy (non-hydrogen) atoms. The minimum Gasteiger partial charge on any atom is -0.493 e. The number of benzene rings is 3. The quantitative estimate of drug-likeness (QED) is 0.388. The van der Waals surface area contributed by atoms with Gasteiger partial charge in [0.15, 0.2) is 11.3 Å². The maximum absolute atomic E-state index is 13.2. The van der Waals surface area contributed by atoms with E-state index >= 15 is 0 Å². The molecule has 1 heterocycles. The number of hydrogen-bond acceptors (Lipinski definition) is 6. The molecule has 0 aliphatic carbocycles. The maximum atomic E-state index is 13.2. The molecule has 180 valence electrons. The Morgan fingerprint density at radius 2 is 1.60 bits per heavy atom. The molecule has 8 nitrogen and oxygen atoms in total. The lowest BCUT2D eigenvalue weighted by atomic mass is 10.1. The summed E-state index contributed by atoms with van der Waals surface area (Å²) in [6, 6.07) is 18.8. The molecular formula is C26H25N3O5S. The van der Waals surface area contributed by atoms with Crippen molar-refractivity contribution < 1.29 is 22.4 Å². The molecule has 0 unspecified atom stereocenters. The van der Waals surface area contributed by atoms with Crippen molar-refractivity contribution in [3.63, 3.8) is 0 Å². The molecule has 0 spiro atoms. The Bertz CT molecular complexity index is 1570. The molecule has 2 N–H and O–H groups in total. The standard InChI is InChI=1S/C26H25N3O5S/c1-16-8-10-21(11-9-16)35(31,32)29-28-26-22(15-19-6-5-7-23(33-4)24(19)34-26)25(30)27-20-13-17(2)12-18(3)14-20/h5-15,29H,1-4H3,(H,27,30). The Hall–Kier alpha value is -4.11. The van der Waals surface area contributed by atoms with Crippen LogP contribution in [0.1, 0.15) is 27.0 Å². The number of fused-ring (bicyclic) bond motifs is 1. The van der Waals surface area contributed by atoms with Crippen LogP contribution in [0.5, 0.6) is 5.75 Å². The van der Waals surface area contributed by atoms with Crippen molar-refractivity contribution >= 4 is 32.6 Å². The second kappa shape index (κ2) is 9.63. The Kier molecular flexibility index (Phi) is 6.61. The van der Waals surface area contributed by atoms with Crippen LogP contribution in [-0.4, -0.2) is 21.4 Å². The number of ether oxygens (including phenoxy) is 1. The van der Waals surface area contributed by atoms with E-state index in [9.17, 15) is 13.2 Å². The van der Waals surface area contributed by atoms with Gasteiger partial charge in [0.1, 0.15) is 5.56 Å². The van der Waals surface area contributed by atoms with E-state index < -0.39 is 15.9 Å². The number of nitrogens with one attached hydrogen (secondary N) is 2. The molecular weight excluding hydrogens is 466 g/mol. The molecule has 4 rings (SSSR count). The third kappa shape index (κ3) is 5.36. The summed E-state index contributed by atoms with van der Waals surface area (Å²) in [6.07, 6.45) is 0. The molecule has 9 heteroatoms. The summed E-state index contributed by atoms with van der Waals surface area (Å²) in [6.45, 7) is 5.72. The van der Waals surface area contributed by atoms with Gasteiger partial charge in [0, 0.05) is 11.1 Å². The summed E-state index contributed by atoms with van der Waals surface area (Å²) in [4.78, 5) is 15.5. The fourth-order valence-electron chi connectivity index (χ4n) is 3.65. The van der Waals surface area contributed by atoms with Crippen molar-refractivity contribution in [1.29, 1.82) is 0 Å². The van der Waals surface area contributed by atoms with Gasteiger partial charge in [-0.3, -0.25) is 4.79 Å². The molecule has 0 atom stereocenters. The lowest BCUT2D eigenvalue weighted by Gasteiger charge is -2.10. The zero-order valence-electron chi connectivity index (χ0n) is 19.7. The van der Waals surface area contributed by atoms with E-state index in [-0.39, 0.29) is 16.0 Å². The normalized spacial score (nSPS) is 11.9. The number of carbonyl (C=O) groups excluding carboxylic acids is 1. The summed E-state index contributed by atoms with van der Waals surface area (Å²) >= 11 is 0. The lowest BCUT2D eigenvalue weighted by molar-refractivity contribution is 0.102. The van der Waals surface area contributed by atoms with Crippen LogP contribution in [0.2, 0.25) is 0 Å². The summed E-state index contributed by atoms with van der Waals surface area (Å²) in [5.41, 5.74) is 3.67. The summed E-state index contributed by atoms with van der Waals surface area (Å²) in [5.74, 6) is -0.0848. The highest BCUT2D eigenvalue weighted by Gasteiger charge is 2.17. The summed E-state index contributed by atoms with van der Waals surface area (Å²) < 4.78 is 36.8. The van der Waals surface area contributed by atoms with Gasteiger partial charge in [-0.2, -0.15) is 13.2 Å². The van der Waals surface area contributed by atoms with Crippen molar-refractivity contribution in [2.45, 2.75) is 25.7 Å². The first-order chi connectivity index (χ1) is 16.7. The van der Waals surface area contributed by atoms with Gasteiger partial charge in [-0.15, -0.1) is 5.10 Å². The fourth-order valence-corrected chi connectivity index (χ4v) is 4.45. The summed E-state index contributed by atoms with van der Waals surface area (Å²) in [7, 11) is -2.51. The first-order valence-corrected chi connectivity index (χ1v) is 12.3. The average molecular weight is 492 g/mol. The van der Waals surface area contributed by atoms with Crippen LogP contribution in [-0.2, 0) is 10.0 Å². The highest BCUT2D eigenvalue weighted by Crippen LogP contribution is 2.25. The van der Waals surface area contributed by atoms with Crippen molar-refractivity contribution in [2.24, 2.45) is 5.10 Å². The summed E-state index contributed by atoms with van der Waals surface area (Å²) in [5, 5.41) is 7.41.